The predicted molar refractivity (Wildman–Crippen MR) is 82.2 cm³/mol. The number of nitrogens with two attached hydrogens (primary N) is 1. The van der Waals surface area contributed by atoms with E-state index in [1.54, 1.807) is 6.07 Å². The van der Waals surface area contributed by atoms with Gasteiger partial charge in [-0.2, -0.15) is 0 Å². The van der Waals surface area contributed by atoms with Crippen molar-refractivity contribution < 1.29 is 9.32 Å². The minimum atomic E-state index is -0.695. The van der Waals surface area contributed by atoms with E-state index >= 15 is 0 Å². The lowest BCUT2D eigenvalue weighted by atomic mass is 10.0. The molecule has 3 N–H and O–H groups in total. The topological polar surface area (TPSA) is 105 Å². The van der Waals surface area contributed by atoms with Gasteiger partial charge in [0.05, 0.1) is 16.3 Å². The van der Waals surface area contributed by atoms with Crippen LogP contribution in [-0.4, -0.2) is 29.1 Å². The predicted octanol–water partition coefficient (Wildman–Crippen LogP) is 1.77. The molecule has 1 aliphatic heterocycles. The van der Waals surface area contributed by atoms with E-state index in [9.17, 15) is 9.59 Å². The van der Waals surface area contributed by atoms with E-state index in [0.29, 0.717) is 10.6 Å². The minimum Gasteiger partial charge on any atom is -0.370 e. The number of rotatable bonds is 3. The van der Waals surface area contributed by atoms with Crippen LogP contribution in [0.25, 0.3) is 11.4 Å². The van der Waals surface area contributed by atoms with Crippen molar-refractivity contribution in [2.75, 3.05) is 18.0 Å². The lowest BCUT2D eigenvalue weighted by molar-refractivity contribution is 0.100. The first-order valence-corrected chi connectivity index (χ1v) is 7.38. The van der Waals surface area contributed by atoms with Gasteiger partial charge in [-0.1, -0.05) is 16.8 Å². The summed E-state index contributed by atoms with van der Waals surface area (Å²) in [5, 5.41) is 4.08. The molecule has 22 heavy (non-hydrogen) atoms. The number of H-pyrrole nitrogens is 1. The molecule has 2 heterocycles. The highest BCUT2D eigenvalue weighted by atomic mass is 35.5. The minimum absolute atomic E-state index is 0.161. The van der Waals surface area contributed by atoms with E-state index in [0.717, 1.165) is 31.6 Å². The van der Waals surface area contributed by atoms with Crippen LogP contribution in [0.15, 0.2) is 21.5 Å². The van der Waals surface area contributed by atoms with Gasteiger partial charge in [-0.15, -0.1) is 0 Å². The second-order valence-corrected chi connectivity index (χ2v) is 5.61. The van der Waals surface area contributed by atoms with Gasteiger partial charge < -0.3 is 10.6 Å². The number of aromatic amines is 1. The van der Waals surface area contributed by atoms with Crippen LogP contribution in [0.1, 0.15) is 29.6 Å². The Bertz CT molecular complexity index is 762. The molecule has 0 radical (unpaired) electrons. The Balaban J connectivity index is 2.13. The van der Waals surface area contributed by atoms with E-state index in [1.807, 2.05) is 0 Å². The summed E-state index contributed by atoms with van der Waals surface area (Å²) < 4.78 is 4.51. The zero-order chi connectivity index (χ0) is 15.7. The number of aromatic nitrogens is 2. The maximum absolute atomic E-state index is 11.6. The monoisotopic (exact) mass is 322 g/mol. The number of hydrogen-bond donors (Lipinski definition) is 2. The molecule has 0 aliphatic carbocycles. The Morgan fingerprint density at radius 1 is 1.32 bits per heavy atom. The normalized spacial score (nSPS) is 15.0. The number of carbonyl (C=O) groups is 1. The summed E-state index contributed by atoms with van der Waals surface area (Å²) >= 11 is 6.31. The first kappa shape index (κ1) is 14.6. The fraction of sp³-hybridized carbons (Fsp3) is 0.357. The van der Waals surface area contributed by atoms with Gasteiger partial charge in [0.15, 0.2) is 5.82 Å². The van der Waals surface area contributed by atoms with Gasteiger partial charge >= 0.3 is 5.76 Å². The maximum Gasteiger partial charge on any atom is 0.439 e. The molecule has 1 aliphatic rings. The van der Waals surface area contributed by atoms with Gasteiger partial charge in [0.2, 0.25) is 5.91 Å². The summed E-state index contributed by atoms with van der Waals surface area (Å²) in [5.74, 6) is -1.18. The summed E-state index contributed by atoms with van der Waals surface area (Å²) in [6.07, 6.45) is 3.37. The van der Waals surface area contributed by atoms with Crippen LogP contribution < -0.4 is 16.4 Å². The highest BCUT2D eigenvalue weighted by molar-refractivity contribution is 6.34. The number of hydrogen-bond acceptors (Lipinski definition) is 5. The highest BCUT2D eigenvalue weighted by Gasteiger charge is 2.21. The van der Waals surface area contributed by atoms with E-state index in [4.69, 9.17) is 17.3 Å². The Hall–Kier alpha value is -2.28. The number of amides is 1. The van der Waals surface area contributed by atoms with Crippen LogP contribution in [-0.2, 0) is 0 Å². The average Bonchev–Trinajstić information content (AvgIpc) is 2.94. The molecular weight excluding hydrogens is 308 g/mol. The number of halogens is 1. The smallest absolute Gasteiger partial charge is 0.370 e. The van der Waals surface area contributed by atoms with Gasteiger partial charge in [0, 0.05) is 18.7 Å². The number of benzene rings is 1. The molecule has 7 nitrogen and oxygen atoms in total. The lowest BCUT2D eigenvalue weighted by Crippen LogP contribution is -2.29. The number of nitrogens with zero attached hydrogens (tertiary/aromatic N) is 2. The molecule has 116 valence electrons. The number of primary amides is 1. The second kappa shape index (κ2) is 5.84. The number of anilines is 1. The van der Waals surface area contributed by atoms with E-state index in [-0.39, 0.29) is 11.4 Å². The van der Waals surface area contributed by atoms with Crippen molar-refractivity contribution in [3.63, 3.8) is 0 Å². The number of nitrogens with one attached hydrogen (secondary N) is 1. The fourth-order valence-electron chi connectivity index (χ4n) is 2.68. The first-order valence-electron chi connectivity index (χ1n) is 7.01. The summed E-state index contributed by atoms with van der Waals surface area (Å²) in [6.45, 7) is 1.79. The van der Waals surface area contributed by atoms with Crippen molar-refractivity contribution >= 4 is 23.2 Å². The first-order chi connectivity index (χ1) is 10.6. The van der Waals surface area contributed by atoms with Gasteiger partial charge in [0.1, 0.15) is 0 Å². The maximum atomic E-state index is 11.6. The molecule has 1 amide bonds. The zero-order valence-electron chi connectivity index (χ0n) is 11.8. The Morgan fingerprint density at radius 2 is 2.05 bits per heavy atom. The molecule has 1 saturated heterocycles. The van der Waals surface area contributed by atoms with Crippen molar-refractivity contribution in [1.82, 2.24) is 10.1 Å². The summed E-state index contributed by atoms with van der Waals surface area (Å²) in [5.41, 5.74) is 6.79. The van der Waals surface area contributed by atoms with E-state index in [1.165, 1.54) is 12.5 Å². The average molecular weight is 323 g/mol. The Labute approximate surface area is 131 Å². The molecule has 0 atom stereocenters. The van der Waals surface area contributed by atoms with Crippen molar-refractivity contribution in [1.29, 1.82) is 0 Å². The third kappa shape index (κ3) is 2.71. The standard InChI is InChI=1S/C14H15ClN4O3/c15-10-6-8(12(16)20)9(13-17-14(21)22-18-13)7-11(10)19-4-2-1-3-5-19/h6-7H,1-5H2,(H2,16,20)(H,17,18,21). The van der Waals surface area contributed by atoms with Crippen LogP contribution in [0.3, 0.4) is 0 Å². The third-order valence-electron chi connectivity index (χ3n) is 3.74. The lowest BCUT2D eigenvalue weighted by Gasteiger charge is -2.30. The molecule has 8 heteroatoms. The Morgan fingerprint density at radius 3 is 2.64 bits per heavy atom. The van der Waals surface area contributed by atoms with Crippen LogP contribution in [0, 0.1) is 0 Å². The van der Waals surface area contributed by atoms with Crippen molar-refractivity contribution in [2.45, 2.75) is 19.3 Å². The molecule has 1 aromatic heterocycles. The van der Waals surface area contributed by atoms with Crippen LogP contribution in [0.5, 0.6) is 0 Å². The van der Waals surface area contributed by atoms with Crippen molar-refractivity contribution in [3.8, 4) is 11.4 Å². The van der Waals surface area contributed by atoms with E-state index < -0.39 is 11.7 Å². The molecule has 1 aromatic carbocycles. The summed E-state index contributed by atoms with van der Waals surface area (Å²) in [6, 6.07) is 3.23. The van der Waals surface area contributed by atoms with Gasteiger partial charge in [-0.25, -0.2) is 4.79 Å². The summed E-state index contributed by atoms with van der Waals surface area (Å²) in [4.78, 5) is 27.4. The van der Waals surface area contributed by atoms with Gasteiger partial charge in [-0.3, -0.25) is 14.3 Å². The fourth-order valence-corrected chi connectivity index (χ4v) is 2.97. The molecule has 0 bridgehead atoms. The quantitative estimate of drug-likeness (QED) is 0.896. The molecule has 0 saturated carbocycles. The molecule has 3 rings (SSSR count). The van der Waals surface area contributed by atoms with Crippen molar-refractivity contribution in [2.24, 2.45) is 5.73 Å². The zero-order valence-corrected chi connectivity index (χ0v) is 12.5. The van der Waals surface area contributed by atoms with E-state index in [2.05, 4.69) is 19.6 Å². The van der Waals surface area contributed by atoms with Crippen LogP contribution in [0.4, 0.5) is 5.69 Å². The number of carbonyl (C=O) groups excluding carboxylic acids is 1. The Kier molecular flexibility index (Phi) is 3.89. The number of piperidine rings is 1. The summed E-state index contributed by atoms with van der Waals surface area (Å²) in [7, 11) is 0. The third-order valence-corrected chi connectivity index (χ3v) is 4.05. The molecular formula is C14H15ClN4O3. The molecule has 0 spiro atoms. The van der Waals surface area contributed by atoms with Crippen molar-refractivity contribution in [3.05, 3.63) is 33.3 Å². The van der Waals surface area contributed by atoms with Gasteiger partial charge in [0.25, 0.3) is 0 Å². The molecule has 0 unspecified atom stereocenters. The largest absolute Gasteiger partial charge is 0.439 e. The van der Waals surface area contributed by atoms with Crippen LogP contribution in [0.2, 0.25) is 5.02 Å². The van der Waals surface area contributed by atoms with Gasteiger partial charge in [-0.05, 0) is 31.4 Å². The molecule has 1 fully saturated rings. The molecule has 2 aromatic rings. The second-order valence-electron chi connectivity index (χ2n) is 5.20. The SMILES string of the molecule is NC(=O)c1cc(Cl)c(N2CCCCC2)cc1-c1noc(=O)[nH]1. The highest BCUT2D eigenvalue weighted by Crippen LogP contribution is 2.34. The van der Waals surface area contributed by atoms with Crippen LogP contribution >= 0.6 is 11.6 Å².